The van der Waals surface area contributed by atoms with Gasteiger partial charge in [0, 0.05) is 6.42 Å². The van der Waals surface area contributed by atoms with Crippen LogP contribution < -0.4 is 11.1 Å². The summed E-state index contributed by atoms with van der Waals surface area (Å²) in [6, 6.07) is 6.64. The largest absolute Gasteiger partial charge is 0.527 e. The number of carbonyl (C=O) groups excluding carboxylic acids is 2. The van der Waals surface area contributed by atoms with Crippen LogP contribution in [0.3, 0.4) is 0 Å². The molecule has 0 aliphatic carbocycles. The summed E-state index contributed by atoms with van der Waals surface area (Å²) in [4.78, 5) is 41.7. The quantitative estimate of drug-likeness (QED) is 0.502. The molecular formula is C15H23N2O6P. The standard InChI is InChI=1S/C15H23N2O6P/c1-10(2)8-12(16)14(18)17-13(15(19)23-24(20,21)22)9-11-6-4-3-5-7-11/h3-7,10,12-13H,8-9,16H2,1-2H3,(H,17,18)(H2,20,21,22)/t12-,13-/m0/s1. The second kappa shape index (κ2) is 8.94. The Morgan fingerprint density at radius 3 is 2.33 bits per heavy atom. The summed E-state index contributed by atoms with van der Waals surface area (Å²) in [7, 11) is -5.00. The number of hydrogen-bond donors (Lipinski definition) is 4. The van der Waals surface area contributed by atoms with Crippen LogP contribution in [-0.2, 0) is 25.1 Å². The first-order valence-electron chi connectivity index (χ1n) is 7.47. The molecule has 24 heavy (non-hydrogen) atoms. The normalized spacial score (nSPS) is 14.1. The lowest BCUT2D eigenvalue weighted by Gasteiger charge is -2.21. The van der Waals surface area contributed by atoms with Gasteiger partial charge in [0.15, 0.2) is 0 Å². The first kappa shape index (κ1) is 20.3. The average molecular weight is 358 g/mol. The van der Waals surface area contributed by atoms with Crippen molar-refractivity contribution >= 4 is 19.7 Å². The number of hydrogen-bond acceptors (Lipinski definition) is 5. The van der Waals surface area contributed by atoms with Crippen LogP contribution in [0, 0.1) is 5.92 Å². The van der Waals surface area contributed by atoms with Gasteiger partial charge in [-0.2, -0.15) is 0 Å². The zero-order valence-corrected chi connectivity index (χ0v) is 14.5. The van der Waals surface area contributed by atoms with Gasteiger partial charge in [-0.15, -0.1) is 0 Å². The fraction of sp³-hybridized carbons (Fsp3) is 0.467. The Morgan fingerprint density at radius 1 is 1.25 bits per heavy atom. The van der Waals surface area contributed by atoms with E-state index in [1.807, 2.05) is 13.8 Å². The molecule has 2 atom stereocenters. The average Bonchev–Trinajstić information content (AvgIpc) is 2.45. The zero-order chi connectivity index (χ0) is 18.3. The Hall–Kier alpha value is -1.73. The van der Waals surface area contributed by atoms with E-state index in [-0.39, 0.29) is 12.3 Å². The van der Waals surface area contributed by atoms with Crippen molar-refractivity contribution < 1.29 is 28.5 Å². The van der Waals surface area contributed by atoms with Crippen molar-refractivity contribution in [2.24, 2.45) is 11.7 Å². The molecule has 134 valence electrons. The Labute approximate surface area is 140 Å². The van der Waals surface area contributed by atoms with Gasteiger partial charge in [0.1, 0.15) is 6.04 Å². The summed E-state index contributed by atoms with van der Waals surface area (Å²) in [6.45, 7) is 3.80. The fourth-order valence-corrected chi connectivity index (χ4v) is 2.48. The number of nitrogens with one attached hydrogen (secondary N) is 1. The van der Waals surface area contributed by atoms with Crippen molar-refractivity contribution in [1.29, 1.82) is 0 Å². The Kier molecular flexibility index (Phi) is 7.57. The molecule has 0 fully saturated rings. The van der Waals surface area contributed by atoms with E-state index in [0.29, 0.717) is 12.0 Å². The number of nitrogens with two attached hydrogens (primary N) is 1. The highest BCUT2D eigenvalue weighted by Gasteiger charge is 2.30. The predicted octanol–water partition coefficient (Wildman–Crippen LogP) is 0.723. The molecule has 1 amide bonds. The zero-order valence-electron chi connectivity index (χ0n) is 13.6. The topological polar surface area (TPSA) is 139 Å². The molecule has 0 aromatic heterocycles. The van der Waals surface area contributed by atoms with Crippen molar-refractivity contribution in [2.45, 2.75) is 38.8 Å². The van der Waals surface area contributed by atoms with Gasteiger partial charge in [0.05, 0.1) is 6.04 Å². The lowest BCUT2D eigenvalue weighted by molar-refractivity contribution is -0.140. The van der Waals surface area contributed by atoms with Gasteiger partial charge in [0.2, 0.25) is 5.91 Å². The molecule has 0 bridgehead atoms. The lowest BCUT2D eigenvalue weighted by atomic mass is 10.0. The summed E-state index contributed by atoms with van der Waals surface area (Å²) in [5.41, 5.74) is 6.47. The van der Waals surface area contributed by atoms with Crippen molar-refractivity contribution in [3.8, 4) is 0 Å². The SMILES string of the molecule is CC(C)C[C@H](N)C(=O)N[C@@H](Cc1ccccc1)C(=O)OP(=O)(O)O. The van der Waals surface area contributed by atoms with Crippen molar-refractivity contribution in [1.82, 2.24) is 5.32 Å². The minimum Gasteiger partial charge on any atom is -0.369 e. The minimum atomic E-state index is -5.00. The van der Waals surface area contributed by atoms with Gasteiger partial charge in [-0.3, -0.25) is 14.6 Å². The van der Waals surface area contributed by atoms with Crippen LogP contribution in [-0.4, -0.2) is 33.7 Å². The van der Waals surface area contributed by atoms with Crippen LogP contribution in [0.2, 0.25) is 0 Å². The Bertz CT molecular complexity index is 601. The first-order valence-corrected chi connectivity index (χ1v) is 9.00. The van der Waals surface area contributed by atoms with Crippen LogP contribution in [0.15, 0.2) is 30.3 Å². The van der Waals surface area contributed by atoms with Crippen molar-refractivity contribution in [3.63, 3.8) is 0 Å². The fourth-order valence-electron chi connectivity index (χ4n) is 2.12. The maximum atomic E-state index is 12.1. The molecule has 0 radical (unpaired) electrons. The number of rotatable bonds is 8. The highest BCUT2D eigenvalue weighted by molar-refractivity contribution is 7.46. The van der Waals surface area contributed by atoms with Crippen LogP contribution in [0.1, 0.15) is 25.8 Å². The van der Waals surface area contributed by atoms with Crippen LogP contribution in [0.4, 0.5) is 0 Å². The third kappa shape index (κ3) is 7.70. The Morgan fingerprint density at radius 2 is 1.83 bits per heavy atom. The van der Waals surface area contributed by atoms with Crippen LogP contribution in [0.25, 0.3) is 0 Å². The molecule has 8 nitrogen and oxygen atoms in total. The Balaban J connectivity index is 2.86. The molecule has 0 aliphatic heterocycles. The van der Waals surface area contributed by atoms with E-state index in [1.54, 1.807) is 30.3 Å². The number of amides is 1. The molecule has 1 rings (SSSR count). The van der Waals surface area contributed by atoms with E-state index in [4.69, 9.17) is 15.5 Å². The number of carbonyl (C=O) groups is 2. The van der Waals surface area contributed by atoms with Gasteiger partial charge < -0.3 is 15.6 Å². The second-order valence-electron chi connectivity index (χ2n) is 5.89. The van der Waals surface area contributed by atoms with Gasteiger partial charge in [0.25, 0.3) is 0 Å². The van der Waals surface area contributed by atoms with E-state index < -0.39 is 31.8 Å². The molecule has 0 saturated carbocycles. The number of phosphoric acid groups is 1. The second-order valence-corrected chi connectivity index (χ2v) is 7.05. The third-order valence-electron chi connectivity index (χ3n) is 3.15. The highest BCUT2D eigenvalue weighted by Crippen LogP contribution is 2.36. The third-order valence-corrected chi connectivity index (χ3v) is 3.57. The highest BCUT2D eigenvalue weighted by atomic mass is 31.2. The molecule has 1 aromatic rings. The maximum absolute atomic E-state index is 12.1. The summed E-state index contributed by atoms with van der Waals surface area (Å²) in [5.74, 6) is -1.61. The molecule has 9 heteroatoms. The van der Waals surface area contributed by atoms with E-state index in [1.165, 1.54) is 0 Å². The summed E-state index contributed by atoms with van der Waals surface area (Å²) < 4.78 is 15.0. The summed E-state index contributed by atoms with van der Waals surface area (Å²) in [5, 5.41) is 2.41. The maximum Gasteiger partial charge on any atom is 0.527 e. The first-order chi connectivity index (χ1) is 11.1. The number of benzene rings is 1. The molecule has 1 aromatic carbocycles. The van der Waals surface area contributed by atoms with E-state index in [9.17, 15) is 14.2 Å². The minimum absolute atomic E-state index is 0.0276. The van der Waals surface area contributed by atoms with E-state index in [0.717, 1.165) is 0 Å². The predicted molar refractivity (Wildman–Crippen MR) is 87.6 cm³/mol. The summed E-state index contributed by atoms with van der Waals surface area (Å²) >= 11 is 0. The van der Waals surface area contributed by atoms with Crippen LogP contribution in [0.5, 0.6) is 0 Å². The van der Waals surface area contributed by atoms with E-state index in [2.05, 4.69) is 9.84 Å². The summed E-state index contributed by atoms with van der Waals surface area (Å²) in [6.07, 6.45) is 0.442. The smallest absolute Gasteiger partial charge is 0.369 e. The van der Waals surface area contributed by atoms with Gasteiger partial charge in [-0.25, -0.2) is 9.36 Å². The van der Waals surface area contributed by atoms with Gasteiger partial charge in [-0.1, -0.05) is 44.2 Å². The van der Waals surface area contributed by atoms with Crippen molar-refractivity contribution in [3.05, 3.63) is 35.9 Å². The molecule has 0 saturated heterocycles. The van der Waals surface area contributed by atoms with E-state index >= 15 is 0 Å². The molecule has 0 heterocycles. The van der Waals surface area contributed by atoms with Crippen molar-refractivity contribution in [2.75, 3.05) is 0 Å². The molecule has 5 N–H and O–H groups in total. The van der Waals surface area contributed by atoms with Gasteiger partial charge >= 0.3 is 13.8 Å². The molecular weight excluding hydrogens is 335 g/mol. The molecule has 0 aliphatic rings. The van der Waals surface area contributed by atoms with Crippen LogP contribution >= 0.6 is 7.82 Å². The molecule has 0 spiro atoms. The van der Waals surface area contributed by atoms with Gasteiger partial charge in [-0.05, 0) is 17.9 Å². The monoisotopic (exact) mass is 358 g/mol. The molecule has 0 unspecified atom stereocenters. The lowest BCUT2D eigenvalue weighted by Crippen LogP contribution is -2.50. The number of phosphoric ester groups is 1.